The maximum absolute atomic E-state index is 10.1. The van der Waals surface area contributed by atoms with Crippen molar-refractivity contribution in [1.29, 1.82) is 0 Å². The van der Waals surface area contributed by atoms with Gasteiger partial charge in [-0.2, -0.15) is 0 Å². The molecule has 1 aliphatic rings. The zero-order valence-corrected chi connectivity index (χ0v) is 13.2. The molecule has 1 aromatic rings. The Balaban J connectivity index is 2.03. The van der Waals surface area contributed by atoms with Gasteiger partial charge in [-0.05, 0) is 36.6 Å². The zero-order chi connectivity index (χ0) is 16.1. The molecule has 4 N–H and O–H groups in total. The van der Waals surface area contributed by atoms with Crippen molar-refractivity contribution in [3.05, 3.63) is 23.3 Å². The van der Waals surface area contributed by atoms with Gasteiger partial charge in [-0.3, -0.25) is 4.90 Å². The number of aliphatic hydroxyl groups is 2. The molecule has 0 spiro atoms. The second-order valence-electron chi connectivity index (χ2n) is 5.73. The number of benzene rings is 1. The average Bonchev–Trinajstić information content (AvgIpc) is 2.50. The van der Waals surface area contributed by atoms with E-state index in [-0.39, 0.29) is 18.4 Å². The van der Waals surface area contributed by atoms with Crippen molar-refractivity contribution in [3.8, 4) is 11.5 Å². The Labute approximate surface area is 131 Å². The minimum Gasteiger partial charge on any atom is -0.504 e. The van der Waals surface area contributed by atoms with E-state index >= 15 is 0 Å². The SMILES string of the molecule is COc1cc2c(cc1O)CCN(C[C@@H](O)CNCCO)[C@H]2C. The molecule has 22 heavy (non-hydrogen) atoms. The molecule has 6 nitrogen and oxygen atoms in total. The Kier molecular flexibility index (Phi) is 6.02. The summed E-state index contributed by atoms with van der Waals surface area (Å²) in [6.07, 6.45) is 0.364. The molecule has 124 valence electrons. The zero-order valence-electron chi connectivity index (χ0n) is 13.2. The van der Waals surface area contributed by atoms with E-state index in [4.69, 9.17) is 9.84 Å². The van der Waals surface area contributed by atoms with Crippen LogP contribution in [0.15, 0.2) is 12.1 Å². The Morgan fingerprint density at radius 1 is 1.45 bits per heavy atom. The van der Waals surface area contributed by atoms with Crippen LogP contribution in [0, 0.1) is 0 Å². The van der Waals surface area contributed by atoms with Gasteiger partial charge in [-0.1, -0.05) is 0 Å². The van der Waals surface area contributed by atoms with Crippen LogP contribution >= 0.6 is 0 Å². The van der Waals surface area contributed by atoms with Crippen molar-refractivity contribution in [2.75, 3.05) is 39.9 Å². The van der Waals surface area contributed by atoms with E-state index in [1.807, 2.05) is 6.07 Å². The molecule has 0 radical (unpaired) electrons. The van der Waals surface area contributed by atoms with Crippen LogP contribution in [0.1, 0.15) is 24.1 Å². The number of hydrogen-bond donors (Lipinski definition) is 4. The second kappa shape index (κ2) is 7.78. The molecule has 2 rings (SSSR count). The second-order valence-corrected chi connectivity index (χ2v) is 5.73. The molecule has 0 fully saturated rings. The van der Waals surface area contributed by atoms with Crippen molar-refractivity contribution in [2.45, 2.75) is 25.5 Å². The Morgan fingerprint density at radius 3 is 2.91 bits per heavy atom. The lowest BCUT2D eigenvalue weighted by Gasteiger charge is -2.36. The Hall–Kier alpha value is -1.34. The monoisotopic (exact) mass is 310 g/mol. The predicted octanol–water partition coefficient (Wildman–Crippen LogP) is 0.263. The summed E-state index contributed by atoms with van der Waals surface area (Å²) in [5.41, 5.74) is 2.27. The number of phenolic OH excluding ortho intramolecular Hbond substituents is 1. The van der Waals surface area contributed by atoms with E-state index in [9.17, 15) is 10.2 Å². The first kappa shape index (κ1) is 17.0. The van der Waals surface area contributed by atoms with Gasteiger partial charge >= 0.3 is 0 Å². The molecule has 0 aromatic heterocycles. The molecule has 0 saturated heterocycles. The van der Waals surface area contributed by atoms with Crippen molar-refractivity contribution in [3.63, 3.8) is 0 Å². The van der Waals surface area contributed by atoms with Crippen molar-refractivity contribution in [1.82, 2.24) is 10.2 Å². The quantitative estimate of drug-likeness (QED) is 0.541. The highest BCUT2D eigenvalue weighted by atomic mass is 16.5. The molecular formula is C16H26N2O4. The van der Waals surface area contributed by atoms with Gasteiger partial charge in [0.1, 0.15) is 0 Å². The Bertz CT molecular complexity index is 495. The molecule has 0 aliphatic carbocycles. The number of hydrogen-bond acceptors (Lipinski definition) is 6. The van der Waals surface area contributed by atoms with Gasteiger partial charge in [0.2, 0.25) is 0 Å². The van der Waals surface area contributed by atoms with E-state index in [0.29, 0.717) is 25.4 Å². The molecule has 2 atom stereocenters. The summed E-state index contributed by atoms with van der Waals surface area (Å²) in [5.74, 6) is 0.660. The molecule has 1 aliphatic heterocycles. The standard InChI is InChI=1S/C16H26N2O4/c1-11-14-8-16(22-2)15(21)7-12(14)3-5-18(11)10-13(20)9-17-4-6-19/h7-8,11,13,17,19-21H,3-6,9-10H2,1-2H3/t11-,13-/m0/s1. The third kappa shape index (κ3) is 3.89. The maximum Gasteiger partial charge on any atom is 0.160 e. The van der Waals surface area contributed by atoms with Gasteiger partial charge < -0.3 is 25.4 Å². The highest BCUT2D eigenvalue weighted by Crippen LogP contribution is 2.37. The number of rotatable bonds is 7. The van der Waals surface area contributed by atoms with Crippen LogP contribution in [0.25, 0.3) is 0 Å². The summed E-state index contributed by atoms with van der Waals surface area (Å²) in [5, 5.41) is 31.7. The van der Waals surface area contributed by atoms with Crippen molar-refractivity contribution in [2.24, 2.45) is 0 Å². The summed E-state index contributed by atoms with van der Waals surface area (Å²) in [6.45, 7) is 4.55. The van der Waals surface area contributed by atoms with Crippen molar-refractivity contribution >= 4 is 0 Å². The predicted molar refractivity (Wildman–Crippen MR) is 84.3 cm³/mol. The van der Waals surface area contributed by atoms with Crippen LogP contribution in [0.3, 0.4) is 0 Å². The van der Waals surface area contributed by atoms with Crippen LogP contribution in [0.5, 0.6) is 11.5 Å². The highest BCUT2D eigenvalue weighted by Gasteiger charge is 2.26. The lowest BCUT2D eigenvalue weighted by atomic mass is 9.92. The van der Waals surface area contributed by atoms with E-state index in [0.717, 1.165) is 24.1 Å². The fourth-order valence-corrected chi connectivity index (χ4v) is 2.98. The number of nitrogens with zero attached hydrogens (tertiary/aromatic N) is 1. The minimum atomic E-state index is -0.477. The number of ether oxygens (including phenoxy) is 1. The number of nitrogens with one attached hydrogen (secondary N) is 1. The van der Waals surface area contributed by atoms with E-state index in [2.05, 4.69) is 17.1 Å². The third-order valence-corrected chi connectivity index (χ3v) is 4.22. The maximum atomic E-state index is 10.1. The first-order valence-corrected chi connectivity index (χ1v) is 7.70. The van der Waals surface area contributed by atoms with Crippen LogP contribution < -0.4 is 10.1 Å². The normalized spacial score (nSPS) is 19.7. The van der Waals surface area contributed by atoms with Gasteiger partial charge in [0, 0.05) is 32.2 Å². The van der Waals surface area contributed by atoms with Crippen LogP contribution in [-0.4, -0.2) is 66.2 Å². The van der Waals surface area contributed by atoms with Crippen LogP contribution in [0.4, 0.5) is 0 Å². The van der Waals surface area contributed by atoms with Gasteiger partial charge in [0.15, 0.2) is 11.5 Å². The molecule has 1 heterocycles. The molecule has 6 heteroatoms. The lowest BCUT2D eigenvalue weighted by Crippen LogP contribution is -2.42. The smallest absolute Gasteiger partial charge is 0.160 e. The minimum absolute atomic E-state index is 0.0729. The van der Waals surface area contributed by atoms with E-state index in [1.54, 1.807) is 13.2 Å². The number of aliphatic hydroxyl groups excluding tert-OH is 2. The summed E-state index contributed by atoms with van der Waals surface area (Å²) >= 11 is 0. The molecule has 0 amide bonds. The fraction of sp³-hybridized carbons (Fsp3) is 0.625. The van der Waals surface area contributed by atoms with Gasteiger partial charge in [0.05, 0.1) is 19.8 Å². The van der Waals surface area contributed by atoms with E-state index < -0.39 is 6.10 Å². The number of methoxy groups -OCH3 is 1. The Morgan fingerprint density at radius 2 is 2.23 bits per heavy atom. The molecule has 0 unspecified atom stereocenters. The first-order valence-electron chi connectivity index (χ1n) is 7.70. The van der Waals surface area contributed by atoms with Gasteiger partial charge in [-0.15, -0.1) is 0 Å². The molecule has 0 saturated carbocycles. The fourth-order valence-electron chi connectivity index (χ4n) is 2.98. The summed E-state index contributed by atoms with van der Waals surface area (Å²) in [4.78, 5) is 2.23. The first-order chi connectivity index (χ1) is 10.6. The number of phenols is 1. The van der Waals surface area contributed by atoms with Crippen LogP contribution in [-0.2, 0) is 6.42 Å². The largest absolute Gasteiger partial charge is 0.504 e. The lowest BCUT2D eigenvalue weighted by molar-refractivity contribution is 0.0850. The highest BCUT2D eigenvalue weighted by molar-refractivity contribution is 5.48. The molecular weight excluding hydrogens is 284 g/mol. The van der Waals surface area contributed by atoms with Gasteiger partial charge in [0.25, 0.3) is 0 Å². The summed E-state index contributed by atoms with van der Waals surface area (Å²) in [6, 6.07) is 3.82. The average molecular weight is 310 g/mol. The molecule has 1 aromatic carbocycles. The summed E-state index contributed by atoms with van der Waals surface area (Å²) in [7, 11) is 1.54. The van der Waals surface area contributed by atoms with Crippen LogP contribution in [0.2, 0.25) is 0 Å². The molecule has 0 bridgehead atoms. The summed E-state index contributed by atoms with van der Waals surface area (Å²) < 4.78 is 5.19. The van der Waals surface area contributed by atoms with E-state index in [1.165, 1.54) is 0 Å². The third-order valence-electron chi connectivity index (χ3n) is 4.22. The van der Waals surface area contributed by atoms with Gasteiger partial charge in [-0.25, -0.2) is 0 Å². The van der Waals surface area contributed by atoms with Crippen molar-refractivity contribution < 1.29 is 20.1 Å². The number of aromatic hydroxyl groups is 1. The topological polar surface area (TPSA) is 85.2 Å². The number of fused-ring (bicyclic) bond motifs is 1. The number of β-amino-alcohol motifs (C(OH)–C–C–N with tert-alkyl or cyclic N) is 1.